The monoisotopic (exact) mass is 111 g/mol. The Labute approximate surface area is 50.3 Å². The highest BCUT2D eigenvalue weighted by molar-refractivity contribution is 5.04. The van der Waals surface area contributed by atoms with Crippen LogP contribution < -0.4 is 0 Å². The van der Waals surface area contributed by atoms with Gasteiger partial charge in [0.1, 0.15) is 5.60 Å². The van der Waals surface area contributed by atoms with Crippen LogP contribution >= 0.6 is 0 Å². The first kappa shape index (κ1) is 7.44. The van der Waals surface area contributed by atoms with Gasteiger partial charge in [-0.25, -0.2) is 5.11 Å². The third kappa shape index (κ3) is 5.44. The van der Waals surface area contributed by atoms with Gasteiger partial charge in [-0.15, -0.1) is 0 Å². The molecule has 0 aliphatic heterocycles. The van der Waals surface area contributed by atoms with E-state index < -0.39 is 5.60 Å². The van der Waals surface area contributed by atoms with Crippen LogP contribution in [0.4, 0.5) is 0 Å². The molecule has 0 atom stereocenters. The second kappa shape index (κ2) is 2.68. The Hall–Kier alpha value is -0.560. The lowest BCUT2D eigenvalue weighted by Gasteiger charge is -2.04. The van der Waals surface area contributed by atoms with Crippen molar-refractivity contribution in [2.24, 2.45) is 0 Å². The second-order valence-electron chi connectivity index (χ2n) is 2.20. The zero-order chi connectivity index (χ0) is 6.62. The van der Waals surface area contributed by atoms with Gasteiger partial charge in [-0.1, -0.05) is 24.8 Å². The standard InChI is InChI=1S/C7H11O/c1-4-5-6-7(2,3)8/h4-6H,1H2,2-3H3. The van der Waals surface area contributed by atoms with Crippen molar-refractivity contribution in [3.8, 4) is 0 Å². The zero-order valence-electron chi connectivity index (χ0n) is 5.35. The Morgan fingerprint density at radius 1 is 1.50 bits per heavy atom. The topological polar surface area (TPSA) is 19.9 Å². The Bertz CT molecular complexity index is 95.4. The summed E-state index contributed by atoms with van der Waals surface area (Å²) >= 11 is 0. The quantitative estimate of drug-likeness (QED) is 0.485. The van der Waals surface area contributed by atoms with Crippen molar-refractivity contribution in [3.05, 3.63) is 24.8 Å². The normalized spacial score (nSPS) is 12.4. The Kier molecular flexibility index (Phi) is 2.49. The lowest BCUT2D eigenvalue weighted by atomic mass is 10.1. The fourth-order valence-corrected chi connectivity index (χ4v) is 0.300. The van der Waals surface area contributed by atoms with Crippen LogP contribution in [-0.2, 0) is 5.11 Å². The largest absolute Gasteiger partial charge is 0.226 e. The molecule has 45 valence electrons. The van der Waals surface area contributed by atoms with Crippen LogP contribution in [0.15, 0.2) is 24.8 Å². The van der Waals surface area contributed by atoms with Crippen LogP contribution in [0.3, 0.4) is 0 Å². The highest BCUT2D eigenvalue weighted by Crippen LogP contribution is 2.02. The fraction of sp³-hybridized carbons (Fsp3) is 0.429. The van der Waals surface area contributed by atoms with Crippen molar-refractivity contribution < 1.29 is 5.11 Å². The average Bonchev–Trinajstić information content (AvgIpc) is 1.59. The average molecular weight is 111 g/mol. The molecule has 0 aromatic rings. The van der Waals surface area contributed by atoms with E-state index in [9.17, 15) is 5.11 Å². The van der Waals surface area contributed by atoms with E-state index in [1.807, 2.05) is 0 Å². The molecule has 0 bridgehead atoms. The first-order chi connectivity index (χ1) is 3.56. The lowest BCUT2D eigenvalue weighted by Crippen LogP contribution is -2.10. The summed E-state index contributed by atoms with van der Waals surface area (Å²) in [6, 6.07) is 0. The molecule has 1 heteroatoms. The molecule has 0 saturated heterocycles. The zero-order valence-corrected chi connectivity index (χ0v) is 5.35. The first-order valence-electron chi connectivity index (χ1n) is 2.57. The van der Waals surface area contributed by atoms with Crippen LogP contribution in [0, 0.1) is 0 Å². The van der Waals surface area contributed by atoms with Gasteiger partial charge in [0.2, 0.25) is 0 Å². The van der Waals surface area contributed by atoms with E-state index in [0.717, 1.165) is 0 Å². The predicted octanol–water partition coefficient (Wildman–Crippen LogP) is 1.94. The molecule has 8 heavy (non-hydrogen) atoms. The van der Waals surface area contributed by atoms with Crippen molar-refractivity contribution in [1.29, 1.82) is 0 Å². The summed E-state index contributed by atoms with van der Waals surface area (Å²) in [5, 5.41) is 10.7. The first-order valence-corrected chi connectivity index (χ1v) is 2.57. The fourth-order valence-electron chi connectivity index (χ4n) is 0.300. The van der Waals surface area contributed by atoms with Crippen LogP contribution in [0.25, 0.3) is 0 Å². The third-order valence-corrected chi connectivity index (χ3v) is 0.634. The molecule has 1 nitrogen and oxygen atoms in total. The summed E-state index contributed by atoms with van der Waals surface area (Å²) in [6.07, 6.45) is 4.83. The summed E-state index contributed by atoms with van der Waals surface area (Å²) in [6.45, 7) is 6.65. The molecular weight excluding hydrogens is 100 g/mol. The van der Waals surface area contributed by atoms with E-state index in [1.54, 1.807) is 32.1 Å². The molecule has 0 amide bonds. The highest BCUT2D eigenvalue weighted by Gasteiger charge is 2.07. The van der Waals surface area contributed by atoms with Gasteiger partial charge in [0.25, 0.3) is 0 Å². The summed E-state index contributed by atoms with van der Waals surface area (Å²) in [5.41, 5.74) is -0.950. The molecule has 0 spiro atoms. The number of hydrogen-bond acceptors (Lipinski definition) is 0. The Morgan fingerprint density at radius 3 is 2.12 bits per heavy atom. The number of hydrogen-bond donors (Lipinski definition) is 0. The molecule has 1 radical (unpaired) electrons. The third-order valence-electron chi connectivity index (χ3n) is 0.634. The molecule has 0 N–H and O–H groups in total. The smallest absolute Gasteiger partial charge is 0.116 e. The summed E-state index contributed by atoms with van der Waals surface area (Å²) in [5.74, 6) is 0. The number of allylic oxidation sites excluding steroid dienone is 2. The minimum Gasteiger partial charge on any atom is -0.226 e. The van der Waals surface area contributed by atoms with Gasteiger partial charge in [0, 0.05) is 0 Å². The van der Waals surface area contributed by atoms with Gasteiger partial charge in [-0.05, 0) is 13.8 Å². The maximum absolute atomic E-state index is 10.7. The Morgan fingerprint density at radius 2 is 2.00 bits per heavy atom. The van der Waals surface area contributed by atoms with Crippen LogP contribution in [-0.4, -0.2) is 5.60 Å². The van der Waals surface area contributed by atoms with Gasteiger partial charge < -0.3 is 0 Å². The van der Waals surface area contributed by atoms with E-state index in [2.05, 4.69) is 6.58 Å². The van der Waals surface area contributed by atoms with E-state index in [0.29, 0.717) is 0 Å². The molecule has 0 aromatic carbocycles. The molecule has 0 aliphatic carbocycles. The van der Waals surface area contributed by atoms with E-state index >= 15 is 0 Å². The van der Waals surface area contributed by atoms with Gasteiger partial charge in [-0.3, -0.25) is 0 Å². The Balaban J connectivity index is 3.69. The number of rotatable bonds is 2. The molecule has 0 fully saturated rings. The molecular formula is C7H11O. The maximum Gasteiger partial charge on any atom is 0.116 e. The van der Waals surface area contributed by atoms with Crippen molar-refractivity contribution in [3.63, 3.8) is 0 Å². The van der Waals surface area contributed by atoms with E-state index in [-0.39, 0.29) is 0 Å². The highest BCUT2D eigenvalue weighted by atomic mass is 16.3. The van der Waals surface area contributed by atoms with Crippen molar-refractivity contribution in [2.75, 3.05) is 0 Å². The second-order valence-corrected chi connectivity index (χ2v) is 2.20. The molecule has 0 rings (SSSR count). The van der Waals surface area contributed by atoms with Crippen molar-refractivity contribution in [2.45, 2.75) is 19.4 Å². The minimum absolute atomic E-state index is 0.950. The predicted molar refractivity (Wildman–Crippen MR) is 34.1 cm³/mol. The van der Waals surface area contributed by atoms with Crippen molar-refractivity contribution in [1.82, 2.24) is 0 Å². The summed E-state index contributed by atoms with van der Waals surface area (Å²) in [7, 11) is 0. The van der Waals surface area contributed by atoms with E-state index in [1.165, 1.54) is 0 Å². The van der Waals surface area contributed by atoms with Crippen LogP contribution in [0.2, 0.25) is 0 Å². The molecule has 0 heterocycles. The summed E-state index contributed by atoms with van der Waals surface area (Å²) < 4.78 is 0. The molecule has 0 saturated carbocycles. The minimum atomic E-state index is -0.950. The van der Waals surface area contributed by atoms with Crippen LogP contribution in [0.1, 0.15) is 13.8 Å². The molecule has 0 aromatic heterocycles. The molecule has 0 aliphatic rings. The van der Waals surface area contributed by atoms with Gasteiger partial charge in [-0.2, -0.15) is 0 Å². The van der Waals surface area contributed by atoms with E-state index in [4.69, 9.17) is 0 Å². The SMILES string of the molecule is C=CC=CC(C)(C)[O]. The van der Waals surface area contributed by atoms with Gasteiger partial charge >= 0.3 is 0 Å². The van der Waals surface area contributed by atoms with Crippen molar-refractivity contribution >= 4 is 0 Å². The maximum atomic E-state index is 10.7. The lowest BCUT2D eigenvalue weighted by molar-refractivity contribution is 0.0490. The van der Waals surface area contributed by atoms with Gasteiger partial charge in [0.15, 0.2) is 0 Å². The van der Waals surface area contributed by atoms with Gasteiger partial charge in [0.05, 0.1) is 0 Å². The summed E-state index contributed by atoms with van der Waals surface area (Å²) in [4.78, 5) is 0. The van der Waals surface area contributed by atoms with Crippen LogP contribution in [0.5, 0.6) is 0 Å². The molecule has 0 unspecified atom stereocenters.